The zero-order valence-electron chi connectivity index (χ0n) is 12.5. The topological polar surface area (TPSA) is 63.1 Å². The number of carbonyl (C=O) groups is 1. The lowest BCUT2D eigenvalue weighted by molar-refractivity contribution is -0.123. The molecule has 1 aliphatic rings. The predicted molar refractivity (Wildman–Crippen MR) is 84.9 cm³/mol. The molecule has 1 amide bonds. The van der Waals surface area contributed by atoms with E-state index in [1.165, 1.54) is 6.20 Å². The average Bonchev–Trinajstić information content (AvgIpc) is 2.86. The van der Waals surface area contributed by atoms with Gasteiger partial charge in [-0.05, 0) is 31.5 Å². The molecule has 0 aliphatic carbocycles. The third-order valence-electron chi connectivity index (χ3n) is 3.90. The molecule has 0 radical (unpaired) electrons. The summed E-state index contributed by atoms with van der Waals surface area (Å²) in [5, 5.41) is 7.67. The number of aryl methyl sites for hydroxylation is 1. The number of hydrogen-bond acceptors (Lipinski definition) is 4. The number of pyridine rings is 1. The Morgan fingerprint density at radius 3 is 2.77 bits per heavy atom. The molecule has 22 heavy (non-hydrogen) atoms. The minimum absolute atomic E-state index is 0.0649. The fourth-order valence-electron chi connectivity index (χ4n) is 2.45. The molecular formula is C15H18ClN5O. The van der Waals surface area contributed by atoms with Crippen LogP contribution in [0, 0.1) is 6.92 Å². The van der Waals surface area contributed by atoms with Crippen LogP contribution in [0.25, 0.3) is 0 Å². The van der Waals surface area contributed by atoms with E-state index in [1.54, 1.807) is 12.1 Å². The van der Waals surface area contributed by atoms with E-state index < -0.39 is 0 Å². The molecule has 1 unspecified atom stereocenters. The smallest absolute Gasteiger partial charge is 0.242 e. The van der Waals surface area contributed by atoms with E-state index in [-0.39, 0.29) is 11.9 Å². The average molecular weight is 320 g/mol. The number of anilines is 1. The van der Waals surface area contributed by atoms with Gasteiger partial charge in [-0.3, -0.25) is 14.4 Å². The summed E-state index contributed by atoms with van der Waals surface area (Å²) in [5.74, 6) is 0.450. The molecule has 0 spiro atoms. The number of amides is 1. The van der Waals surface area contributed by atoms with Crippen LogP contribution in [0.15, 0.2) is 30.7 Å². The number of rotatable bonds is 4. The first-order chi connectivity index (χ1) is 10.5. The van der Waals surface area contributed by atoms with Gasteiger partial charge in [0.25, 0.3) is 0 Å². The minimum atomic E-state index is -0.203. The molecule has 3 rings (SSSR count). The minimum Gasteiger partial charge on any atom is -0.309 e. The zero-order chi connectivity index (χ0) is 15.7. The Labute approximate surface area is 134 Å². The van der Waals surface area contributed by atoms with E-state index in [2.05, 4.69) is 20.3 Å². The summed E-state index contributed by atoms with van der Waals surface area (Å²) >= 11 is 5.78. The van der Waals surface area contributed by atoms with Crippen LogP contribution >= 0.6 is 11.6 Å². The third kappa shape index (κ3) is 3.13. The lowest BCUT2D eigenvalue weighted by Crippen LogP contribution is -2.55. The van der Waals surface area contributed by atoms with Crippen LogP contribution in [0.5, 0.6) is 0 Å². The summed E-state index contributed by atoms with van der Waals surface area (Å²) in [7, 11) is 0. The van der Waals surface area contributed by atoms with Crippen LogP contribution in [-0.2, 0) is 4.79 Å². The second-order valence-corrected chi connectivity index (χ2v) is 6.07. The molecule has 1 saturated heterocycles. The fourth-order valence-corrected chi connectivity index (χ4v) is 2.56. The number of nitrogens with zero attached hydrogens (tertiary/aromatic N) is 4. The molecule has 0 saturated carbocycles. The molecule has 1 fully saturated rings. The SMILES string of the molecule is Cc1cnn(C2CN(C(C)C(=O)Nc3ccc(Cl)cn3)C2)c1. The summed E-state index contributed by atoms with van der Waals surface area (Å²) in [6.07, 6.45) is 5.40. The first-order valence-electron chi connectivity index (χ1n) is 7.20. The fraction of sp³-hybridized carbons (Fsp3) is 0.400. The van der Waals surface area contributed by atoms with Crippen molar-refractivity contribution < 1.29 is 4.79 Å². The summed E-state index contributed by atoms with van der Waals surface area (Å²) in [5.41, 5.74) is 1.15. The van der Waals surface area contributed by atoms with Crippen molar-refractivity contribution in [3.05, 3.63) is 41.3 Å². The Morgan fingerprint density at radius 2 is 2.18 bits per heavy atom. The Hall–Kier alpha value is -1.92. The molecule has 3 heterocycles. The van der Waals surface area contributed by atoms with Crippen LogP contribution in [0.4, 0.5) is 5.82 Å². The second-order valence-electron chi connectivity index (χ2n) is 5.63. The van der Waals surface area contributed by atoms with Gasteiger partial charge in [0.1, 0.15) is 5.82 Å². The lowest BCUT2D eigenvalue weighted by Gasteiger charge is -2.42. The highest BCUT2D eigenvalue weighted by Crippen LogP contribution is 2.23. The van der Waals surface area contributed by atoms with E-state index in [9.17, 15) is 4.79 Å². The van der Waals surface area contributed by atoms with Crippen LogP contribution in [0.1, 0.15) is 18.5 Å². The van der Waals surface area contributed by atoms with Gasteiger partial charge in [-0.1, -0.05) is 11.6 Å². The lowest BCUT2D eigenvalue weighted by atomic mass is 10.1. The molecule has 2 aromatic rings. The molecule has 0 aromatic carbocycles. The molecule has 1 aliphatic heterocycles. The Balaban J connectivity index is 1.53. The monoisotopic (exact) mass is 319 g/mol. The highest BCUT2D eigenvalue weighted by Gasteiger charge is 2.34. The number of hydrogen-bond donors (Lipinski definition) is 1. The van der Waals surface area contributed by atoms with Gasteiger partial charge >= 0.3 is 0 Å². The van der Waals surface area contributed by atoms with E-state index in [1.807, 2.05) is 30.9 Å². The van der Waals surface area contributed by atoms with Crippen LogP contribution < -0.4 is 5.32 Å². The maximum Gasteiger partial charge on any atom is 0.242 e. The predicted octanol–water partition coefficient (Wildman–Crippen LogP) is 2.12. The number of halogens is 1. The maximum absolute atomic E-state index is 12.2. The Bertz CT molecular complexity index is 663. The Kier molecular flexibility index (Phi) is 4.13. The van der Waals surface area contributed by atoms with E-state index in [0.29, 0.717) is 16.9 Å². The van der Waals surface area contributed by atoms with Gasteiger partial charge in [-0.25, -0.2) is 4.98 Å². The van der Waals surface area contributed by atoms with Crippen molar-refractivity contribution in [2.45, 2.75) is 25.9 Å². The maximum atomic E-state index is 12.2. The quantitative estimate of drug-likeness (QED) is 0.937. The van der Waals surface area contributed by atoms with Gasteiger partial charge in [0.2, 0.25) is 5.91 Å². The van der Waals surface area contributed by atoms with E-state index >= 15 is 0 Å². The van der Waals surface area contributed by atoms with Crippen LogP contribution in [0.3, 0.4) is 0 Å². The first-order valence-corrected chi connectivity index (χ1v) is 7.58. The van der Waals surface area contributed by atoms with Crippen molar-refractivity contribution in [3.63, 3.8) is 0 Å². The van der Waals surface area contributed by atoms with Crippen molar-refractivity contribution in [1.29, 1.82) is 0 Å². The van der Waals surface area contributed by atoms with E-state index in [4.69, 9.17) is 11.6 Å². The summed E-state index contributed by atoms with van der Waals surface area (Å²) < 4.78 is 1.97. The Morgan fingerprint density at radius 1 is 1.41 bits per heavy atom. The van der Waals surface area contributed by atoms with Crippen LogP contribution in [0.2, 0.25) is 5.02 Å². The summed E-state index contributed by atoms with van der Waals surface area (Å²) in [6, 6.07) is 3.54. The second kappa shape index (κ2) is 6.06. The van der Waals surface area contributed by atoms with Gasteiger partial charge in [0.05, 0.1) is 23.3 Å². The largest absolute Gasteiger partial charge is 0.309 e. The van der Waals surface area contributed by atoms with Crippen molar-refractivity contribution in [3.8, 4) is 0 Å². The zero-order valence-corrected chi connectivity index (χ0v) is 13.3. The molecule has 6 nitrogen and oxygen atoms in total. The molecule has 0 bridgehead atoms. The van der Waals surface area contributed by atoms with Crippen LogP contribution in [-0.4, -0.2) is 44.7 Å². The van der Waals surface area contributed by atoms with Gasteiger partial charge in [0.15, 0.2) is 0 Å². The van der Waals surface area contributed by atoms with Crippen molar-refractivity contribution in [2.75, 3.05) is 18.4 Å². The van der Waals surface area contributed by atoms with Gasteiger partial charge in [-0.15, -0.1) is 0 Å². The summed E-state index contributed by atoms with van der Waals surface area (Å²) in [4.78, 5) is 18.4. The molecule has 7 heteroatoms. The number of carbonyl (C=O) groups excluding carboxylic acids is 1. The number of nitrogens with one attached hydrogen (secondary N) is 1. The third-order valence-corrected chi connectivity index (χ3v) is 4.12. The van der Waals surface area contributed by atoms with Crippen molar-refractivity contribution >= 4 is 23.3 Å². The molecule has 2 aromatic heterocycles. The van der Waals surface area contributed by atoms with Crippen molar-refractivity contribution in [1.82, 2.24) is 19.7 Å². The normalized spacial score (nSPS) is 17.0. The molecule has 1 N–H and O–H groups in total. The summed E-state index contributed by atoms with van der Waals surface area (Å²) in [6.45, 7) is 5.57. The highest BCUT2D eigenvalue weighted by molar-refractivity contribution is 6.30. The molecule has 1 atom stereocenters. The standard InChI is InChI=1S/C15H18ClN5O/c1-10-5-18-21(7-10)13-8-20(9-13)11(2)15(22)19-14-4-3-12(16)6-17-14/h3-7,11,13H,8-9H2,1-2H3,(H,17,19,22). The highest BCUT2D eigenvalue weighted by atomic mass is 35.5. The molecular weight excluding hydrogens is 302 g/mol. The number of aromatic nitrogens is 3. The van der Waals surface area contributed by atoms with Crippen molar-refractivity contribution in [2.24, 2.45) is 0 Å². The van der Waals surface area contributed by atoms with Gasteiger partial charge in [0, 0.05) is 25.5 Å². The number of likely N-dealkylation sites (tertiary alicyclic amines) is 1. The van der Waals surface area contributed by atoms with Gasteiger partial charge < -0.3 is 5.32 Å². The van der Waals surface area contributed by atoms with Gasteiger partial charge in [-0.2, -0.15) is 5.10 Å². The molecule has 116 valence electrons. The first kappa shape index (κ1) is 15.0. The van der Waals surface area contributed by atoms with E-state index in [0.717, 1.165) is 18.7 Å².